The number of piperidine rings is 1. The average Bonchev–Trinajstić information content (AvgIpc) is 2.18. The molecule has 4 nitrogen and oxygen atoms in total. The first-order valence-corrected chi connectivity index (χ1v) is 4.45. The van der Waals surface area contributed by atoms with Gasteiger partial charge in [0.05, 0.1) is 19.1 Å². The smallest absolute Gasteiger partial charge is 0.310 e. The van der Waals surface area contributed by atoms with Gasteiger partial charge in [-0.15, -0.1) is 0 Å². The third-order valence-corrected chi connectivity index (χ3v) is 2.48. The summed E-state index contributed by atoms with van der Waals surface area (Å²) in [6, 6.07) is 2.11. The molecular formula is C9H14N2O2. The van der Waals surface area contributed by atoms with Gasteiger partial charge in [-0.05, 0) is 18.9 Å². The summed E-state index contributed by atoms with van der Waals surface area (Å²) >= 11 is 0. The molecule has 0 aromatic heterocycles. The number of carbonyl (C=O) groups excluding carboxylic acids is 1. The molecule has 1 heterocycles. The summed E-state index contributed by atoms with van der Waals surface area (Å²) in [6.45, 7) is 1.53. The molecule has 0 aromatic carbocycles. The van der Waals surface area contributed by atoms with Gasteiger partial charge in [0.15, 0.2) is 0 Å². The van der Waals surface area contributed by atoms with E-state index in [1.807, 2.05) is 0 Å². The lowest BCUT2D eigenvalue weighted by Gasteiger charge is -2.28. The molecule has 1 N–H and O–H groups in total. The molecule has 1 fully saturated rings. The topological polar surface area (TPSA) is 62.1 Å². The molecule has 1 aliphatic rings. The van der Waals surface area contributed by atoms with E-state index in [2.05, 4.69) is 16.1 Å². The van der Waals surface area contributed by atoms with Gasteiger partial charge in [-0.3, -0.25) is 4.79 Å². The zero-order chi connectivity index (χ0) is 9.68. The second-order valence-corrected chi connectivity index (χ2v) is 3.24. The number of nitriles is 1. The standard InChI is InChI=1S/C9H14N2O2/c1-13-9(12)8-6-11-5-3-7(8)2-4-10/h7-8,11H,2-3,5-6H2,1H3. The van der Waals surface area contributed by atoms with E-state index in [0.717, 1.165) is 13.0 Å². The van der Waals surface area contributed by atoms with Crippen LogP contribution in [0, 0.1) is 23.2 Å². The van der Waals surface area contributed by atoms with E-state index in [0.29, 0.717) is 13.0 Å². The van der Waals surface area contributed by atoms with Crippen molar-refractivity contribution in [1.29, 1.82) is 5.26 Å². The Morgan fingerprint density at radius 2 is 2.54 bits per heavy atom. The summed E-state index contributed by atoms with van der Waals surface area (Å²) in [6.07, 6.45) is 1.33. The molecule has 1 saturated heterocycles. The minimum atomic E-state index is -0.201. The molecule has 1 aliphatic heterocycles. The molecule has 1 rings (SSSR count). The van der Waals surface area contributed by atoms with Crippen molar-refractivity contribution in [2.75, 3.05) is 20.2 Å². The highest BCUT2D eigenvalue weighted by Gasteiger charge is 2.31. The van der Waals surface area contributed by atoms with Crippen LogP contribution in [0.2, 0.25) is 0 Å². The molecular weight excluding hydrogens is 168 g/mol. The second-order valence-electron chi connectivity index (χ2n) is 3.24. The SMILES string of the molecule is COC(=O)C1CNCCC1CC#N. The van der Waals surface area contributed by atoms with E-state index in [-0.39, 0.29) is 17.8 Å². The van der Waals surface area contributed by atoms with Crippen LogP contribution in [0.5, 0.6) is 0 Å². The van der Waals surface area contributed by atoms with Gasteiger partial charge in [0, 0.05) is 13.0 Å². The van der Waals surface area contributed by atoms with Gasteiger partial charge >= 0.3 is 5.97 Å². The van der Waals surface area contributed by atoms with Crippen LogP contribution in [-0.4, -0.2) is 26.2 Å². The first kappa shape index (κ1) is 10.0. The fourth-order valence-corrected chi connectivity index (χ4v) is 1.70. The maximum atomic E-state index is 11.3. The number of esters is 1. The molecule has 2 unspecified atom stereocenters. The van der Waals surface area contributed by atoms with Gasteiger partial charge in [-0.2, -0.15) is 5.26 Å². The lowest BCUT2D eigenvalue weighted by Crippen LogP contribution is -2.41. The van der Waals surface area contributed by atoms with Gasteiger partial charge in [0.1, 0.15) is 0 Å². The molecule has 0 aliphatic carbocycles. The van der Waals surface area contributed by atoms with E-state index in [1.165, 1.54) is 7.11 Å². The van der Waals surface area contributed by atoms with Gasteiger partial charge < -0.3 is 10.1 Å². The van der Waals surface area contributed by atoms with E-state index in [4.69, 9.17) is 5.26 Å². The third-order valence-electron chi connectivity index (χ3n) is 2.48. The Hall–Kier alpha value is -1.08. The normalized spacial score (nSPS) is 27.7. The number of rotatable bonds is 2. The van der Waals surface area contributed by atoms with Crippen LogP contribution in [0.3, 0.4) is 0 Å². The summed E-state index contributed by atoms with van der Waals surface area (Å²) in [5.74, 6) is -0.176. The molecule has 0 radical (unpaired) electrons. The first-order valence-electron chi connectivity index (χ1n) is 4.45. The van der Waals surface area contributed by atoms with Crippen molar-refractivity contribution >= 4 is 5.97 Å². The van der Waals surface area contributed by atoms with E-state index >= 15 is 0 Å². The Morgan fingerprint density at radius 1 is 1.77 bits per heavy atom. The molecule has 0 spiro atoms. The number of hydrogen-bond acceptors (Lipinski definition) is 4. The minimum absolute atomic E-state index is 0.140. The van der Waals surface area contributed by atoms with Crippen molar-refractivity contribution in [3.8, 4) is 6.07 Å². The maximum Gasteiger partial charge on any atom is 0.310 e. The number of nitrogens with zero attached hydrogens (tertiary/aromatic N) is 1. The predicted molar refractivity (Wildman–Crippen MR) is 46.7 cm³/mol. The lowest BCUT2D eigenvalue weighted by atomic mass is 9.84. The highest BCUT2D eigenvalue weighted by atomic mass is 16.5. The number of methoxy groups -OCH3 is 1. The van der Waals surface area contributed by atoms with Crippen LogP contribution in [0.4, 0.5) is 0 Å². The Labute approximate surface area is 77.9 Å². The van der Waals surface area contributed by atoms with Crippen molar-refractivity contribution in [3.63, 3.8) is 0 Å². The molecule has 72 valence electrons. The fourth-order valence-electron chi connectivity index (χ4n) is 1.70. The van der Waals surface area contributed by atoms with E-state index < -0.39 is 0 Å². The molecule has 0 saturated carbocycles. The summed E-state index contributed by atoms with van der Waals surface area (Å²) in [5, 5.41) is 11.7. The Kier molecular flexibility index (Phi) is 3.71. The number of ether oxygens (including phenoxy) is 1. The van der Waals surface area contributed by atoms with Crippen molar-refractivity contribution in [3.05, 3.63) is 0 Å². The summed E-state index contributed by atoms with van der Waals surface area (Å²) in [7, 11) is 1.39. The van der Waals surface area contributed by atoms with E-state index in [9.17, 15) is 4.79 Å². The Morgan fingerprint density at radius 3 is 3.15 bits per heavy atom. The van der Waals surface area contributed by atoms with Crippen LogP contribution in [0.25, 0.3) is 0 Å². The molecule has 0 bridgehead atoms. The van der Waals surface area contributed by atoms with Crippen LogP contribution in [0.1, 0.15) is 12.8 Å². The van der Waals surface area contributed by atoms with Crippen molar-refractivity contribution in [2.24, 2.45) is 11.8 Å². The van der Waals surface area contributed by atoms with Crippen molar-refractivity contribution < 1.29 is 9.53 Å². The minimum Gasteiger partial charge on any atom is -0.469 e. The molecule has 0 aromatic rings. The van der Waals surface area contributed by atoms with Gasteiger partial charge in [-0.25, -0.2) is 0 Å². The largest absolute Gasteiger partial charge is 0.469 e. The number of carbonyl (C=O) groups is 1. The van der Waals surface area contributed by atoms with Gasteiger partial charge in [0.25, 0.3) is 0 Å². The van der Waals surface area contributed by atoms with Gasteiger partial charge in [0.2, 0.25) is 0 Å². The Bertz CT molecular complexity index is 222. The molecule has 0 amide bonds. The summed E-state index contributed by atoms with van der Waals surface area (Å²) in [4.78, 5) is 11.3. The predicted octanol–water partition coefficient (Wildman–Crippen LogP) is 0.299. The number of nitrogens with one attached hydrogen (secondary N) is 1. The quantitative estimate of drug-likeness (QED) is 0.624. The zero-order valence-electron chi connectivity index (χ0n) is 7.75. The molecule has 4 heteroatoms. The number of hydrogen-bond donors (Lipinski definition) is 1. The lowest BCUT2D eigenvalue weighted by molar-refractivity contribution is -0.147. The van der Waals surface area contributed by atoms with Crippen molar-refractivity contribution in [2.45, 2.75) is 12.8 Å². The van der Waals surface area contributed by atoms with Crippen LogP contribution in [0.15, 0.2) is 0 Å². The second kappa shape index (κ2) is 4.83. The zero-order valence-corrected chi connectivity index (χ0v) is 7.75. The average molecular weight is 182 g/mol. The molecule has 13 heavy (non-hydrogen) atoms. The maximum absolute atomic E-state index is 11.3. The molecule has 2 atom stereocenters. The Balaban J connectivity index is 2.57. The van der Waals surface area contributed by atoms with Crippen LogP contribution < -0.4 is 5.32 Å². The summed E-state index contributed by atoms with van der Waals surface area (Å²) in [5.41, 5.74) is 0. The van der Waals surface area contributed by atoms with Gasteiger partial charge in [-0.1, -0.05) is 0 Å². The highest BCUT2D eigenvalue weighted by Crippen LogP contribution is 2.23. The first-order chi connectivity index (χ1) is 6.29. The fraction of sp³-hybridized carbons (Fsp3) is 0.778. The van der Waals surface area contributed by atoms with Crippen molar-refractivity contribution in [1.82, 2.24) is 5.32 Å². The summed E-state index contributed by atoms with van der Waals surface area (Å²) < 4.78 is 4.68. The highest BCUT2D eigenvalue weighted by molar-refractivity contribution is 5.73. The monoisotopic (exact) mass is 182 g/mol. The van der Waals surface area contributed by atoms with Crippen LogP contribution in [-0.2, 0) is 9.53 Å². The third kappa shape index (κ3) is 2.43. The van der Waals surface area contributed by atoms with Crippen LogP contribution >= 0.6 is 0 Å². The van der Waals surface area contributed by atoms with E-state index in [1.54, 1.807) is 0 Å².